The fourth-order valence-corrected chi connectivity index (χ4v) is 3.61. The van der Waals surface area contributed by atoms with E-state index in [1.807, 2.05) is 30.9 Å². The van der Waals surface area contributed by atoms with E-state index in [-0.39, 0.29) is 5.82 Å². The summed E-state index contributed by atoms with van der Waals surface area (Å²) in [6, 6.07) is 11.1. The fraction of sp³-hybridized carbons (Fsp3) is 0.300. The van der Waals surface area contributed by atoms with Crippen LogP contribution in [-0.4, -0.2) is 14.5 Å². The molecule has 0 atom stereocenters. The Morgan fingerprint density at radius 1 is 0.875 bits per heavy atom. The van der Waals surface area contributed by atoms with E-state index in [0.717, 1.165) is 22.5 Å². The molecule has 0 saturated heterocycles. The Bertz CT molecular complexity index is 803. The molecule has 0 N–H and O–H groups in total. The first-order valence-corrected chi connectivity index (χ1v) is 8.56. The molecule has 1 aliphatic carbocycles. The van der Waals surface area contributed by atoms with Crippen molar-refractivity contribution in [2.45, 2.75) is 38.1 Å². The van der Waals surface area contributed by atoms with Gasteiger partial charge in [0.1, 0.15) is 5.82 Å². The molecule has 4 rings (SSSR count). The molecule has 1 aliphatic rings. The Morgan fingerprint density at radius 3 is 2.29 bits per heavy atom. The van der Waals surface area contributed by atoms with Crippen LogP contribution in [0.25, 0.3) is 22.5 Å². The lowest BCUT2D eigenvalue weighted by Crippen LogP contribution is -2.13. The van der Waals surface area contributed by atoms with Crippen LogP contribution >= 0.6 is 0 Å². The minimum Gasteiger partial charge on any atom is -0.327 e. The van der Waals surface area contributed by atoms with Gasteiger partial charge in [0.25, 0.3) is 0 Å². The second kappa shape index (κ2) is 6.56. The normalized spacial score (nSPS) is 15.5. The maximum Gasteiger partial charge on any atom is 0.123 e. The van der Waals surface area contributed by atoms with Crippen LogP contribution in [-0.2, 0) is 0 Å². The molecule has 4 heteroatoms. The van der Waals surface area contributed by atoms with Gasteiger partial charge in [0, 0.05) is 29.6 Å². The number of aromatic nitrogens is 3. The van der Waals surface area contributed by atoms with Crippen LogP contribution < -0.4 is 0 Å². The van der Waals surface area contributed by atoms with Gasteiger partial charge in [-0.15, -0.1) is 0 Å². The van der Waals surface area contributed by atoms with Crippen molar-refractivity contribution < 1.29 is 4.39 Å². The van der Waals surface area contributed by atoms with Crippen LogP contribution in [0.15, 0.2) is 55.1 Å². The summed E-state index contributed by atoms with van der Waals surface area (Å²) < 4.78 is 15.6. The molecule has 1 aromatic carbocycles. The van der Waals surface area contributed by atoms with Gasteiger partial charge in [0.05, 0.1) is 17.7 Å². The first-order valence-electron chi connectivity index (χ1n) is 8.56. The van der Waals surface area contributed by atoms with Gasteiger partial charge in [-0.25, -0.2) is 9.37 Å². The number of hydrogen-bond donors (Lipinski definition) is 0. The molecule has 1 fully saturated rings. The molecule has 0 bridgehead atoms. The summed E-state index contributed by atoms with van der Waals surface area (Å²) in [4.78, 5) is 8.82. The third-order valence-corrected chi connectivity index (χ3v) is 4.83. The molecule has 0 amide bonds. The van der Waals surface area contributed by atoms with Gasteiger partial charge in [0.15, 0.2) is 0 Å². The van der Waals surface area contributed by atoms with Crippen molar-refractivity contribution in [1.82, 2.24) is 14.5 Å². The second-order valence-corrected chi connectivity index (χ2v) is 6.38. The monoisotopic (exact) mass is 321 g/mol. The second-order valence-electron chi connectivity index (χ2n) is 6.38. The number of imidazole rings is 1. The Hall–Kier alpha value is -2.49. The summed E-state index contributed by atoms with van der Waals surface area (Å²) >= 11 is 0. The Morgan fingerprint density at radius 2 is 1.58 bits per heavy atom. The highest BCUT2D eigenvalue weighted by molar-refractivity contribution is 5.78. The first kappa shape index (κ1) is 15.1. The highest BCUT2D eigenvalue weighted by Gasteiger charge is 2.22. The van der Waals surface area contributed by atoms with E-state index < -0.39 is 0 Å². The molecule has 2 heterocycles. The largest absolute Gasteiger partial charge is 0.327 e. The third-order valence-electron chi connectivity index (χ3n) is 4.83. The number of benzene rings is 1. The Labute approximate surface area is 141 Å². The molecule has 122 valence electrons. The van der Waals surface area contributed by atoms with Crippen LogP contribution in [0.1, 0.15) is 38.1 Å². The third kappa shape index (κ3) is 2.84. The highest BCUT2D eigenvalue weighted by atomic mass is 19.1. The molecule has 0 spiro atoms. The van der Waals surface area contributed by atoms with E-state index >= 15 is 0 Å². The van der Waals surface area contributed by atoms with Gasteiger partial charge in [-0.05, 0) is 49.2 Å². The van der Waals surface area contributed by atoms with Crippen LogP contribution in [0.4, 0.5) is 4.39 Å². The summed E-state index contributed by atoms with van der Waals surface area (Å²) in [7, 11) is 0. The number of rotatable bonds is 3. The maximum atomic E-state index is 13.3. The van der Waals surface area contributed by atoms with Gasteiger partial charge >= 0.3 is 0 Å². The van der Waals surface area contributed by atoms with E-state index in [9.17, 15) is 4.39 Å². The van der Waals surface area contributed by atoms with Gasteiger partial charge in [-0.2, -0.15) is 0 Å². The average Bonchev–Trinajstić information content (AvgIpc) is 3.09. The molecule has 0 radical (unpaired) electrons. The van der Waals surface area contributed by atoms with E-state index in [2.05, 4.69) is 14.5 Å². The minimum absolute atomic E-state index is 0.226. The SMILES string of the molecule is Fc1ccc(-c2ncn(C3CCCCC3)c2-c2ccncc2)cc1. The van der Waals surface area contributed by atoms with Crippen molar-refractivity contribution in [2.24, 2.45) is 0 Å². The van der Waals surface area contributed by atoms with Crippen molar-refractivity contribution in [3.05, 3.63) is 60.9 Å². The van der Waals surface area contributed by atoms with Gasteiger partial charge < -0.3 is 4.57 Å². The molecule has 24 heavy (non-hydrogen) atoms. The van der Waals surface area contributed by atoms with Crippen molar-refractivity contribution in [3.63, 3.8) is 0 Å². The molecular formula is C20H20FN3. The maximum absolute atomic E-state index is 13.3. The zero-order valence-electron chi connectivity index (χ0n) is 13.5. The van der Waals surface area contributed by atoms with Crippen molar-refractivity contribution in [3.8, 4) is 22.5 Å². The summed E-state index contributed by atoms with van der Waals surface area (Å²) in [5.74, 6) is -0.226. The minimum atomic E-state index is -0.226. The Kier molecular flexibility index (Phi) is 4.11. The lowest BCUT2D eigenvalue weighted by atomic mass is 9.94. The topological polar surface area (TPSA) is 30.7 Å². The predicted molar refractivity (Wildman–Crippen MR) is 93.0 cm³/mol. The van der Waals surface area contributed by atoms with Gasteiger partial charge in [-0.1, -0.05) is 19.3 Å². The Balaban J connectivity index is 1.84. The van der Waals surface area contributed by atoms with E-state index in [4.69, 9.17) is 0 Å². The first-order chi connectivity index (χ1) is 11.8. The number of hydrogen-bond acceptors (Lipinski definition) is 2. The quantitative estimate of drug-likeness (QED) is 0.659. The zero-order valence-corrected chi connectivity index (χ0v) is 13.5. The van der Waals surface area contributed by atoms with Gasteiger partial charge in [-0.3, -0.25) is 4.98 Å². The van der Waals surface area contributed by atoms with Crippen molar-refractivity contribution in [1.29, 1.82) is 0 Å². The molecule has 0 aliphatic heterocycles. The summed E-state index contributed by atoms with van der Waals surface area (Å²) in [5.41, 5.74) is 4.06. The molecule has 1 saturated carbocycles. The molecule has 3 aromatic rings. The summed E-state index contributed by atoms with van der Waals surface area (Å²) in [5, 5.41) is 0. The summed E-state index contributed by atoms with van der Waals surface area (Å²) in [6.07, 6.45) is 11.8. The van der Waals surface area contributed by atoms with Crippen LogP contribution in [0.5, 0.6) is 0 Å². The average molecular weight is 321 g/mol. The smallest absolute Gasteiger partial charge is 0.123 e. The van der Waals surface area contributed by atoms with E-state index in [0.29, 0.717) is 6.04 Å². The number of nitrogens with zero attached hydrogens (tertiary/aromatic N) is 3. The summed E-state index contributed by atoms with van der Waals surface area (Å²) in [6.45, 7) is 0. The van der Waals surface area contributed by atoms with Crippen LogP contribution in [0, 0.1) is 5.82 Å². The molecular weight excluding hydrogens is 301 g/mol. The predicted octanol–water partition coefficient (Wildman–Crippen LogP) is 5.26. The van der Waals surface area contributed by atoms with E-state index in [1.54, 1.807) is 12.1 Å². The molecule has 3 nitrogen and oxygen atoms in total. The van der Waals surface area contributed by atoms with Crippen LogP contribution in [0.2, 0.25) is 0 Å². The van der Waals surface area contributed by atoms with Crippen LogP contribution in [0.3, 0.4) is 0 Å². The lowest BCUT2D eigenvalue weighted by molar-refractivity contribution is 0.355. The van der Waals surface area contributed by atoms with E-state index in [1.165, 1.54) is 44.2 Å². The van der Waals surface area contributed by atoms with Gasteiger partial charge in [0.2, 0.25) is 0 Å². The highest BCUT2D eigenvalue weighted by Crippen LogP contribution is 2.37. The fourth-order valence-electron chi connectivity index (χ4n) is 3.61. The molecule has 2 aromatic heterocycles. The zero-order chi connectivity index (χ0) is 16.4. The van der Waals surface area contributed by atoms with Crippen molar-refractivity contribution in [2.75, 3.05) is 0 Å². The molecule has 0 unspecified atom stereocenters. The standard InChI is InChI=1S/C20H20FN3/c21-17-8-6-15(7-9-17)19-20(16-10-12-22-13-11-16)24(14-23-19)18-4-2-1-3-5-18/h6-14,18H,1-5H2. The lowest BCUT2D eigenvalue weighted by Gasteiger charge is -2.25. The number of pyridine rings is 1. The van der Waals surface area contributed by atoms with Crippen molar-refractivity contribution >= 4 is 0 Å². The number of halogens is 1.